The molecule has 0 aromatic carbocycles. The molecular weight excluding hydrogens is 276 g/mol. The topological polar surface area (TPSA) is 58.2 Å². The molecule has 1 aliphatic carbocycles. The number of nitrogens with one attached hydrogen (secondary N) is 2. The summed E-state index contributed by atoms with van der Waals surface area (Å²) in [5, 5.41) is 5.76. The first-order valence-corrected chi connectivity index (χ1v) is 8.75. The van der Waals surface area contributed by atoms with Gasteiger partial charge in [0.15, 0.2) is 0 Å². The molecule has 0 saturated carbocycles. The summed E-state index contributed by atoms with van der Waals surface area (Å²) in [5.41, 5.74) is 1.42. The number of carbonyl (C=O) groups excluding carboxylic acids is 2. The molecule has 0 radical (unpaired) electrons. The summed E-state index contributed by atoms with van der Waals surface area (Å²) < 4.78 is 0. The molecule has 2 amide bonds. The molecule has 0 aliphatic heterocycles. The van der Waals surface area contributed by atoms with Crippen LogP contribution in [-0.2, 0) is 9.59 Å². The van der Waals surface area contributed by atoms with E-state index in [1.807, 2.05) is 6.92 Å². The number of rotatable bonds is 8. The van der Waals surface area contributed by atoms with Crippen LogP contribution in [0.3, 0.4) is 0 Å². The van der Waals surface area contributed by atoms with Crippen LogP contribution in [0.4, 0.5) is 0 Å². The van der Waals surface area contributed by atoms with Gasteiger partial charge in [0.1, 0.15) is 0 Å². The second-order valence-corrected chi connectivity index (χ2v) is 6.68. The van der Waals surface area contributed by atoms with Crippen molar-refractivity contribution in [1.82, 2.24) is 10.6 Å². The van der Waals surface area contributed by atoms with Gasteiger partial charge in [-0.1, -0.05) is 32.4 Å². The van der Waals surface area contributed by atoms with Gasteiger partial charge in [-0.2, -0.15) is 0 Å². The van der Waals surface area contributed by atoms with Crippen molar-refractivity contribution in [3.8, 4) is 0 Å². The van der Waals surface area contributed by atoms with Gasteiger partial charge in [0.05, 0.1) is 0 Å². The lowest BCUT2D eigenvalue weighted by atomic mass is 9.92. The van der Waals surface area contributed by atoms with Gasteiger partial charge in [-0.3, -0.25) is 9.59 Å². The molecule has 1 unspecified atom stereocenters. The van der Waals surface area contributed by atoms with Crippen LogP contribution in [0.1, 0.15) is 65.7 Å². The predicted molar refractivity (Wildman–Crippen MR) is 90.4 cm³/mol. The van der Waals surface area contributed by atoms with Gasteiger partial charge in [0, 0.05) is 25.4 Å². The molecule has 126 valence electrons. The van der Waals surface area contributed by atoms with Crippen LogP contribution in [0, 0.1) is 11.8 Å². The largest absolute Gasteiger partial charge is 0.356 e. The van der Waals surface area contributed by atoms with Gasteiger partial charge < -0.3 is 10.6 Å². The normalized spacial score (nSPS) is 18.5. The molecule has 0 fully saturated rings. The number of allylic oxidation sites excluding steroid dienone is 2. The Morgan fingerprint density at radius 2 is 2.05 bits per heavy atom. The van der Waals surface area contributed by atoms with E-state index in [4.69, 9.17) is 0 Å². The van der Waals surface area contributed by atoms with E-state index in [1.54, 1.807) is 0 Å². The summed E-state index contributed by atoms with van der Waals surface area (Å²) in [6, 6.07) is 0. The summed E-state index contributed by atoms with van der Waals surface area (Å²) in [4.78, 5) is 23.8. The Kier molecular flexibility index (Phi) is 8.86. The first kappa shape index (κ1) is 18.7. The third kappa shape index (κ3) is 7.62. The van der Waals surface area contributed by atoms with E-state index in [9.17, 15) is 9.59 Å². The quantitative estimate of drug-likeness (QED) is 0.677. The molecule has 1 aliphatic rings. The highest BCUT2D eigenvalue weighted by molar-refractivity contribution is 5.80. The molecule has 0 aromatic rings. The van der Waals surface area contributed by atoms with Crippen LogP contribution in [0.25, 0.3) is 0 Å². The van der Waals surface area contributed by atoms with Crippen LogP contribution in [0.2, 0.25) is 0 Å². The fourth-order valence-corrected chi connectivity index (χ4v) is 2.88. The third-order valence-electron chi connectivity index (χ3n) is 3.96. The fraction of sp³-hybridized carbons (Fsp3) is 0.778. The van der Waals surface area contributed by atoms with E-state index in [1.165, 1.54) is 5.57 Å². The highest BCUT2D eigenvalue weighted by atomic mass is 16.2. The maximum absolute atomic E-state index is 12.3. The van der Waals surface area contributed by atoms with Crippen LogP contribution < -0.4 is 10.6 Å². The number of carbonyl (C=O) groups is 2. The molecule has 2 N–H and O–H groups in total. The number of hydrogen-bond acceptors (Lipinski definition) is 2. The summed E-state index contributed by atoms with van der Waals surface area (Å²) in [7, 11) is 0. The summed E-state index contributed by atoms with van der Waals surface area (Å²) in [5.74, 6) is 0.838. The van der Waals surface area contributed by atoms with Crippen LogP contribution in [0.15, 0.2) is 11.6 Å². The first-order valence-electron chi connectivity index (χ1n) is 8.75. The molecule has 1 rings (SSSR count). The average Bonchev–Trinajstić information content (AvgIpc) is 2.70. The van der Waals surface area contributed by atoms with Crippen molar-refractivity contribution in [2.45, 2.75) is 65.7 Å². The minimum absolute atomic E-state index is 0.0170. The van der Waals surface area contributed by atoms with Gasteiger partial charge in [0.25, 0.3) is 0 Å². The molecule has 0 bridgehead atoms. The Morgan fingerprint density at radius 1 is 1.27 bits per heavy atom. The monoisotopic (exact) mass is 308 g/mol. The lowest BCUT2D eigenvalue weighted by Gasteiger charge is -2.17. The zero-order valence-electron chi connectivity index (χ0n) is 14.4. The highest BCUT2D eigenvalue weighted by Crippen LogP contribution is 2.27. The van der Waals surface area contributed by atoms with Crippen molar-refractivity contribution < 1.29 is 9.59 Å². The van der Waals surface area contributed by atoms with E-state index in [-0.39, 0.29) is 17.7 Å². The molecule has 4 nitrogen and oxygen atoms in total. The predicted octanol–water partition coefficient (Wildman–Crippen LogP) is 3.18. The summed E-state index contributed by atoms with van der Waals surface area (Å²) in [6.07, 6.45) is 8.72. The minimum Gasteiger partial charge on any atom is -0.356 e. The van der Waals surface area contributed by atoms with Crippen molar-refractivity contribution >= 4 is 11.8 Å². The lowest BCUT2D eigenvalue weighted by Crippen LogP contribution is -2.34. The average molecular weight is 308 g/mol. The van der Waals surface area contributed by atoms with Gasteiger partial charge in [-0.05, 0) is 44.4 Å². The summed E-state index contributed by atoms with van der Waals surface area (Å²) in [6.45, 7) is 7.61. The maximum Gasteiger partial charge on any atom is 0.223 e. The molecule has 0 spiro atoms. The SMILES string of the molecule is CCCNC(=O)CCNC(=O)C1CCCC=C(CC(C)C)C1. The maximum atomic E-state index is 12.3. The van der Waals surface area contributed by atoms with Crippen molar-refractivity contribution in [1.29, 1.82) is 0 Å². The van der Waals surface area contributed by atoms with Gasteiger partial charge in [0.2, 0.25) is 11.8 Å². The Hall–Kier alpha value is -1.32. The van der Waals surface area contributed by atoms with Crippen molar-refractivity contribution in [2.75, 3.05) is 13.1 Å². The summed E-state index contributed by atoms with van der Waals surface area (Å²) >= 11 is 0. The Labute approximate surface area is 135 Å². The molecular formula is C18H32N2O2. The second-order valence-electron chi connectivity index (χ2n) is 6.68. The third-order valence-corrected chi connectivity index (χ3v) is 3.96. The molecule has 1 atom stereocenters. The zero-order valence-corrected chi connectivity index (χ0v) is 14.4. The van der Waals surface area contributed by atoms with E-state index >= 15 is 0 Å². The standard InChI is InChI=1S/C18H32N2O2/c1-4-10-19-17(21)9-11-20-18(22)16-8-6-5-7-15(13-16)12-14(2)3/h7,14,16H,4-6,8-13H2,1-3H3,(H,19,21)(H,20,22). The van der Waals surface area contributed by atoms with Crippen LogP contribution in [0.5, 0.6) is 0 Å². The fourth-order valence-electron chi connectivity index (χ4n) is 2.88. The van der Waals surface area contributed by atoms with Crippen molar-refractivity contribution in [3.05, 3.63) is 11.6 Å². The number of amides is 2. The Bertz CT molecular complexity index is 389. The Morgan fingerprint density at radius 3 is 2.73 bits per heavy atom. The second kappa shape index (κ2) is 10.4. The van der Waals surface area contributed by atoms with Gasteiger partial charge >= 0.3 is 0 Å². The van der Waals surface area contributed by atoms with Crippen LogP contribution >= 0.6 is 0 Å². The van der Waals surface area contributed by atoms with Crippen LogP contribution in [-0.4, -0.2) is 24.9 Å². The van der Waals surface area contributed by atoms with Crippen molar-refractivity contribution in [3.63, 3.8) is 0 Å². The molecule has 0 aromatic heterocycles. The lowest BCUT2D eigenvalue weighted by molar-refractivity contribution is -0.125. The first-order chi connectivity index (χ1) is 10.5. The van der Waals surface area contributed by atoms with E-state index in [0.29, 0.717) is 25.4 Å². The van der Waals surface area contributed by atoms with E-state index in [0.717, 1.165) is 38.5 Å². The van der Waals surface area contributed by atoms with Crippen molar-refractivity contribution in [2.24, 2.45) is 11.8 Å². The highest BCUT2D eigenvalue weighted by Gasteiger charge is 2.21. The zero-order chi connectivity index (χ0) is 16.4. The van der Waals surface area contributed by atoms with Gasteiger partial charge in [-0.15, -0.1) is 0 Å². The van der Waals surface area contributed by atoms with Gasteiger partial charge in [-0.25, -0.2) is 0 Å². The number of hydrogen-bond donors (Lipinski definition) is 2. The smallest absolute Gasteiger partial charge is 0.223 e. The molecule has 4 heteroatoms. The van der Waals surface area contributed by atoms with E-state index < -0.39 is 0 Å². The van der Waals surface area contributed by atoms with E-state index in [2.05, 4.69) is 30.6 Å². The Balaban J connectivity index is 2.34. The minimum atomic E-state index is 0.0170. The molecule has 22 heavy (non-hydrogen) atoms. The molecule has 0 heterocycles. The molecule has 0 saturated heterocycles.